The van der Waals surface area contributed by atoms with Gasteiger partial charge in [0.25, 0.3) is 0 Å². The second-order valence-corrected chi connectivity index (χ2v) is 13.8. The Labute approximate surface area is 339 Å². The molecule has 17 heteroatoms. The predicted molar refractivity (Wildman–Crippen MR) is 223 cm³/mol. The summed E-state index contributed by atoms with van der Waals surface area (Å²) in [5, 5.41) is 33.0. The minimum absolute atomic E-state index is 0.0664. The van der Waals surface area contributed by atoms with Crippen molar-refractivity contribution in [3.63, 3.8) is 0 Å². The molecule has 10 rings (SSSR count). The van der Waals surface area contributed by atoms with E-state index in [2.05, 4.69) is 70.9 Å². The average Bonchev–Trinajstić information content (AvgIpc) is 3.97. The molecule has 60 heavy (non-hydrogen) atoms. The van der Waals surface area contributed by atoms with Gasteiger partial charge in [-0.1, -0.05) is 48.5 Å². The molecule has 0 saturated carbocycles. The van der Waals surface area contributed by atoms with Gasteiger partial charge < -0.3 is 15.7 Å². The molecule has 15 nitrogen and oxygen atoms in total. The van der Waals surface area contributed by atoms with Gasteiger partial charge in [-0.15, -0.1) is 0 Å². The Morgan fingerprint density at radius 1 is 0.633 bits per heavy atom. The van der Waals surface area contributed by atoms with Crippen molar-refractivity contribution < 1.29 is 13.9 Å². The Bertz CT molecular complexity index is 3110. The second kappa shape index (κ2) is 16.5. The zero-order valence-electron chi connectivity index (χ0n) is 31.8. The van der Waals surface area contributed by atoms with Gasteiger partial charge in [0, 0.05) is 52.5 Å². The van der Waals surface area contributed by atoms with Crippen LogP contribution in [0.15, 0.2) is 122 Å². The highest BCUT2D eigenvalue weighted by atomic mass is 19.1. The molecule has 0 radical (unpaired) electrons. The first-order chi connectivity index (χ1) is 29.4. The van der Waals surface area contributed by atoms with E-state index < -0.39 is 17.7 Å². The summed E-state index contributed by atoms with van der Waals surface area (Å²) in [6, 6.07) is 24.7. The van der Waals surface area contributed by atoms with E-state index in [-0.39, 0.29) is 12.6 Å². The summed E-state index contributed by atoms with van der Waals surface area (Å²) in [5.74, 6) is -0.351. The van der Waals surface area contributed by atoms with E-state index in [9.17, 15) is 13.9 Å². The lowest BCUT2D eigenvalue weighted by atomic mass is 10.0. The number of rotatable bonds is 10. The van der Waals surface area contributed by atoms with Crippen LogP contribution in [0, 0.1) is 11.6 Å². The lowest BCUT2D eigenvalue weighted by Gasteiger charge is -2.18. The molecule has 296 valence electrons. The third-order valence-electron chi connectivity index (χ3n) is 9.90. The van der Waals surface area contributed by atoms with E-state index in [0.717, 1.165) is 66.7 Å². The number of aliphatic hydroxyl groups excluding tert-OH is 1. The number of benzene rings is 4. The topological polar surface area (TPSA) is 205 Å². The van der Waals surface area contributed by atoms with Gasteiger partial charge in [-0.3, -0.25) is 10.2 Å². The average molecular weight is 801 g/mol. The maximum Gasteiger partial charge on any atom is 0.223 e. The molecule has 0 aliphatic carbocycles. The highest BCUT2D eigenvalue weighted by Crippen LogP contribution is 2.30. The summed E-state index contributed by atoms with van der Waals surface area (Å²) in [4.78, 5) is 35.1. The first kappa shape index (κ1) is 37.6. The molecule has 0 spiro atoms. The quantitative estimate of drug-likeness (QED) is 0.0893. The van der Waals surface area contributed by atoms with E-state index in [1.165, 1.54) is 24.8 Å². The summed E-state index contributed by atoms with van der Waals surface area (Å²) in [5.41, 5.74) is 7.74. The van der Waals surface area contributed by atoms with Crippen molar-refractivity contribution in [2.24, 2.45) is 0 Å². The van der Waals surface area contributed by atoms with Crippen molar-refractivity contribution in [3.05, 3.63) is 145 Å². The monoisotopic (exact) mass is 800 g/mol. The number of aromatic nitrogens is 12. The maximum atomic E-state index is 14.0. The number of halogens is 2. The molecule has 0 fully saturated rings. The number of fused-ring (bicyclic) bond motifs is 4. The van der Waals surface area contributed by atoms with Gasteiger partial charge in [0.15, 0.2) is 11.3 Å². The molecular weight excluding hydrogens is 767 g/mol. The van der Waals surface area contributed by atoms with Gasteiger partial charge in [0.1, 0.15) is 24.3 Å². The number of nitrogens with one attached hydrogen (secondary N) is 4. The van der Waals surface area contributed by atoms with Crippen molar-refractivity contribution in [2.45, 2.75) is 25.4 Å². The molecule has 4 aromatic carbocycles. The molecule has 10 aromatic rings. The number of hydrogen-bond acceptors (Lipinski definition) is 13. The van der Waals surface area contributed by atoms with Crippen molar-refractivity contribution in [1.82, 2.24) is 60.3 Å². The van der Waals surface area contributed by atoms with Crippen LogP contribution in [0.4, 0.5) is 20.7 Å². The summed E-state index contributed by atoms with van der Waals surface area (Å²) >= 11 is 0. The number of nitrogens with zero attached hydrogens (tertiary/aromatic N) is 10. The number of aromatic amines is 2. The molecule has 6 heterocycles. The molecule has 5 N–H and O–H groups in total. The molecule has 0 aliphatic heterocycles. The minimum atomic E-state index is -0.615. The summed E-state index contributed by atoms with van der Waals surface area (Å²) < 4.78 is 27.1. The Morgan fingerprint density at radius 2 is 1.22 bits per heavy atom. The molecule has 0 amide bonds. The Hall–Kier alpha value is -7.92. The third kappa shape index (κ3) is 7.84. The Morgan fingerprint density at radius 3 is 1.78 bits per heavy atom. The molecule has 0 unspecified atom stereocenters. The largest absolute Gasteiger partial charge is 0.396 e. The molecular formula is C43H34F2N14O. The number of aliphatic hydroxyl groups is 1. The zero-order chi connectivity index (χ0) is 41.0. The molecule has 0 saturated heterocycles. The normalized spacial score (nSPS) is 12.3. The van der Waals surface area contributed by atoms with E-state index in [1.807, 2.05) is 66.7 Å². The van der Waals surface area contributed by atoms with E-state index in [0.29, 0.717) is 35.2 Å². The highest BCUT2D eigenvalue weighted by molar-refractivity contribution is 5.94. The van der Waals surface area contributed by atoms with Crippen LogP contribution in [0.2, 0.25) is 0 Å². The van der Waals surface area contributed by atoms with Crippen LogP contribution >= 0.6 is 0 Å². The first-order valence-corrected chi connectivity index (χ1v) is 18.9. The van der Waals surface area contributed by atoms with Crippen LogP contribution in [0.25, 0.3) is 66.4 Å². The summed E-state index contributed by atoms with van der Waals surface area (Å²) in [7, 11) is 0. The summed E-state index contributed by atoms with van der Waals surface area (Å²) in [6.07, 6.45) is 10.5. The van der Waals surface area contributed by atoms with Crippen LogP contribution in [0.1, 0.15) is 36.6 Å². The number of anilines is 2. The fraction of sp³-hybridized carbons (Fsp3) is 0.116. The van der Waals surface area contributed by atoms with Gasteiger partial charge in [0.05, 0.1) is 57.7 Å². The molecule has 6 aromatic heterocycles. The fourth-order valence-electron chi connectivity index (χ4n) is 6.91. The van der Waals surface area contributed by atoms with Crippen LogP contribution in [0.3, 0.4) is 0 Å². The SMILES string of the molecule is C[C@@H](Nc1ncc2cc(-c3ncnc4[nH]ncc34)ccc2n1)c1ccc(F)cc1F.OCC[C@@H](Nc1ncc2cc(-c3ncnc4[nH]ncc34)ccc2n1)c1ccccc1. The number of hydrogen-bond donors (Lipinski definition) is 5. The maximum absolute atomic E-state index is 14.0. The van der Waals surface area contributed by atoms with Crippen molar-refractivity contribution in [3.8, 4) is 22.5 Å². The van der Waals surface area contributed by atoms with Gasteiger partial charge >= 0.3 is 0 Å². The smallest absolute Gasteiger partial charge is 0.223 e. The number of H-pyrrole nitrogens is 2. The standard InChI is InChI=1S/C22H19N7O.C21H15F2N7/c30-9-8-19(14-4-2-1-3-5-14)28-22-23-11-16-10-15(6-7-18(16)27-22)20-17-12-26-29-21(17)25-13-24-20;1-11(15-4-3-14(22)7-17(15)23)28-21-24-8-13-6-12(2-5-18(13)29-21)19-16-9-27-30-20(16)26-10-25-19/h1-7,10-13,19,30H,8-9H2,(H,23,27,28)(H,24,25,26,29);2-11H,1H3,(H,24,28,29)(H,25,26,27,30)/t19-;11-/m11/s1. The predicted octanol–water partition coefficient (Wildman–Crippen LogP) is 7.91. The van der Waals surface area contributed by atoms with E-state index >= 15 is 0 Å². The van der Waals surface area contributed by atoms with Crippen LogP contribution in [-0.2, 0) is 0 Å². The van der Waals surface area contributed by atoms with Crippen LogP contribution in [-0.4, -0.2) is 72.0 Å². The van der Waals surface area contributed by atoms with Gasteiger partial charge in [-0.25, -0.2) is 48.7 Å². The third-order valence-corrected chi connectivity index (χ3v) is 9.90. The van der Waals surface area contributed by atoms with Gasteiger partial charge in [-0.05, 0) is 49.2 Å². The Balaban J connectivity index is 0.000000154. The minimum Gasteiger partial charge on any atom is -0.396 e. The second-order valence-electron chi connectivity index (χ2n) is 13.8. The molecule has 0 aliphatic rings. The lowest BCUT2D eigenvalue weighted by molar-refractivity contribution is 0.280. The van der Waals surface area contributed by atoms with E-state index in [4.69, 9.17) is 0 Å². The van der Waals surface area contributed by atoms with E-state index in [1.54, 1.807) is 31.7 Å². The van der Waals surface area contributed by atoms with Crippen LogP contribution < -0.4 is 10.6 Å². The Kier molecular flexibility index (Phi) is 10.4. The highest BCUT2D eigenvalue weighted by Gasteiger charge is 2.16. The van der Waals surface area contributed by atoms with Gasteiger partial charge in [0.2, 0.25) is 11.9 Å². The fourth-order valence-corrected chi connectivity index (χ4v) is 6.91. The van der Waals surface area contributed by atoms with Crippen molar-refractivity contribution >= 4 is 55.8 Å². The van der Waals surface area contributed by atoms with Crippen molar-refractivity contribution in [2.75, 3.05) is 17.2 Å². The van der Waals surface area contributed by atoms with Gasteiger partial charge in [-0.2, -0.15) is 10.2 Å². The summed E-state index contributed by atoms with van der Waals surface area (Å²) in [6.45, 7) is 1.84. The molecule has 0 bridgehead atoms. The van der Waals surface area contributed by atoms with Crippen LogP contribution in [0.5, 0.6) is 0 Å². The lowest BCUT2D eigenvalue weighted by Crippen LogP contribution is -2.14. The zero-order valence-corrected chi connectivity index (χ0v) is 31.8. The van der Waals surface area contributed by atoms with Crippen molar-refractivity contribution in [1.29, 1.82) is 0 Å². The molecule has 2 atom stereocenters. The first-order valence-electron chi connectivity index (χ1n) is 18.9.